The molecule has 0 saturated carbocycles. The van der Waals surface area contributed by atoms with E-state index in [1.165, 1.54) is 18.3 Å². The second-order valence-electron chi connectivity index (χ2n) is 4.13. The van der Waals surface area contributed by atoms with Gasteiger partial charge >= 0.3 is 0 Å². The van der Waals surface area contributed by atoms with Gasteiger partial charge in [-0.3, -0.25) is 0 Å². The van der Waals surface area contributed by atoms with Gasteiger partial charge in [0.15, 0.2) is 11.6 Å². The quantitative estimate of drug-likeness (QED) is 0.911. The predicted molar refractivity (Wildman–Crippen MR) is 63.2 cm³/mol. The third-order valence-electron chi connectivity index (χ3n) is 2.82. The zero-order valence-electron chi connectivity index (χ0n) is 10.2. The van der Waals surface area contributed by atoms with Gasteiger partial charge in [0, 0.05) is 0 Å². The van der Waals surface area contributed by atoms with Crippen LogP contribution in [0, 0.1) is 18.6 Å². The Hall–Kier alpha value is -1.82. The van der Waals surface area contributed by atoms with E-state index < -0.39 is 11.6 Å². The Kier molecular flexibility index (Phi) is 3.38. The number of halogens is 2. The zero-order chi connectivity index (χ0) is 13.3. The van der Waals surface area contributed by atoms with Crippen molar-refractivity contribution in [3.8, 4) is 5.69 Å². The third kappa shape index (κ3) is 2.11. The molecule has 1 aromatic carbocycles. The summed E-state index contributed by atoms with van der Waals surface area (Å²) in [5, 5.41) is 7.55. The molecule has 2 rings (SSSR count). The molecule has 1 aromatic heterocycles. The summed E-state index contributed by atoms with van der Waals surface area (Å²) < 4.78 is 28.6. The van der Waals surface area contributed by atoms with Crippen LogP contribution in [0.2, 0.25) is 0 Å². The van der Waals surface area contributed by atoms with E-state index in [9.17, 15) is 8.78 Å². The monoisotopic (exact) mass is 252 g/mol. The number of nitrogens with zero attached hydrogens (tertiary/aromatic N) is 3. The number of nitrogens with two attached hydrogens (primary N) is 1. The largest absolute Gasteiger partial charge is 0.323 e. The number of aromatic nitrogens is 3. The third-order valence-corrected chi connectivity index (χ3v) is 2.82. The van der Waals surface area contributed by atoms with Crippen LogP contribution in [0.5, 0.6) is 0 Å². The Morgan fingerprint density at radius 3 is 2.78 bits per heavy atom. The van der Waals surface area contributed by atoms with Gasteiger partial charge in [-0.15, -0.1) is 5.10 Å². The van der Waals surface area contributed by atoms with Crippen molar-refractivity contribution in [3.63, 3.8) is 0 Å². The molecule has 4 nitrogen and oxygen atoms in total. The minimum Gasteiger partial charge on any atom is -0.323 e. The molecular weight excluding hydrogens is 238 g/mol. The molecule has 6 heteroatoms. The molecule has 0 radical (unpaired) electrons. The number of aryl methyl sites for hydroxylation is 1. The Bertz CT molecular complexity index is 565. The lowest BCUT2D eigenvalue weighted by molar-refractivity contribution is 0.551. The molecule has 1 atom stereocenters. The first-order valence-corrected chi connectivity index (χ1v) is 5.67. The predicted octanol–water partition coefficient (Wildman–Crippen LogP) is 2.26. The standard InChI is InChI=1S/C12H14F2N4/c1-3-9(15)10-6-18(17-16-10)12-8(13)5-4-7(2)11(12)14/h4-6,9H,3,15H2,1-2H3. The number of hydrogen-bond donors (Lipinski definition) is 1. The summed E-state index contributed by atoms with van der Waals surface area (Å²) in [6, 6.07) is 2.30. The molecule has 96 valence electrons. The van der Waals surface area contributed by atoms with Crippen LogP contribution in [-0.2, 0) is 0 Å². The lowest BCUT2D eigenvalue weighted by Gasteiger charge is -2.06. The van der Waals surface area contributed by atoms with E-state index in [0.29, 0.717) is 17.7 Å². The fourth-order valence-corrected chi connectivity index (χ4v) is 1.62. The van der Waals surface area contributed by atoms with Gasteiger partial charge in [-0.2, -0.15) is 0 Å². The van der Waals surface area contributed by atoms with Crippen LogP contribution in [0.3, 0.4) is 0 Å². The van der Waals surface area contributed by atoms with Gasteiger partial charge in [0.05, 0.1) is 17.9 Å². The van der Waals surface area contributed by atoms with Gasteiger partial charge in [0.1, 0.15) is 5.69 Å². The topological polar surface area (TPSA) is 56.7 Å². The summed E-state index contributed by atoms with van der Waals surface area (Å²) in [4.78, 5) is 0. The molecule has 0 aliphatic heterocycles. The van der Waals surface area contributed by atoms with E-state index in [2.05, 4.69) is 10.3 Å². The molecular formula is C12H14F2N4. The first-order chi connectivity index (χ1) is 8.54. The van der Waals surface area contributed by atoms with Gasteiger partial charge in [0.2, 0.25) is 0 Å². The van der Waals surface area contributed by atoms with Crippen molar-refractivity contribution in [1.82, 2.24) is 15.0 Å². The highest BCUT2D eigenvalue weighted by molar-refractivity contribution is 5.38. The Morgan fingerprint density at radius 1 is 1.39 bits per heavy atom. The summed E-state index contributed by atoms with van der Waals surface area (Å²) in [5.41, 5.74) is 6.43. The molecule has 18 heavy (non-hydrogen) atoms. The first-order valence-electron chi connectivity index (χ1n) is 5.67. The molecule has 2 N–H and O–H groups in total. The number of rotatable bonds is 3. The second kappa shape index (κ2) is 4.81. The average molecular weight is 252 g/mol. The smallest absolute Gasteiger partial charge is 0.154 e. The summed E-state index contributed by atoms with van der Waals surface area (Å²) in [6.07, 6.45) is 2.13. The van der Waals surface area contributed by atoms with E-state index in [1.807, 2.05) is 6.92 Å². The Balaban J connectivity index is 2.49. The lowest BCUT2D eigenvalue weighted by atomic mass is 10.2. The molecule has 0 fully saturated rings. The maximum atomic E-state index is 13.9. The highest BCUT2D eigenvalue weighted by Crippen LogP contribution is 2.21. The average Bonchev–Trinajstić information content (AvgIpc) is 2.83. The van der Waals surface area contributed by atoms with Crippen molar-refractivity contribution in [3.05, 3.63) is 41.2 Å². The van der Waals surface area contributed by atoms with Gasteiger partial charge < -0.3 is 5.73 Å². The number of hydrogen-bond acceptors (Lipinski definition) is 3. The molecule has 1 heterocycles. The van der Waals surface area contributed by atoms with E-state index in [1.54, 1.807) is 6.92 Å². The highest BCUT2D eigenvalue weighted by Gasteiger charge is 2.16. The van der Waals surface area contributed by atoms with E-state index in [0.717, 1.165) is 4.68 Å². The fraction of sp³-hybridized carbons (Fsp3) is 0.333. The minimum atomic E-state index is -0.681. The van der Waals surface area contributed by atoms with Crippen molar-refractivity contribution in [2.45, 2.75) is 26.3 Å². The molecule has 0 spiro atoms. The molecule has 1 unspecified atom stereocenters. The van der Waals surface area contributed by atoms with E-state index in [4.69, 9.17) is 5.73 Å². The van der Waals surface area contributed by atoms with Crippen molar-refractivity contribution in [2.75, 3.05) is 0 Å². The number of benzene rings is 1. The van der Waals surface area contributed by atoms with Crippen molar-refractivity contribution >= 4 is 0 Å². The minimum absolute atomic E-state index is 0.225. The zero-order valence-corrected chi connectivity index (χ0v) is 10.2. The van der Waals surface area contributed by atoms with Crippen LogP contribution in [0.4, 0.5) is 8.78 Å². The van der Waals surface area contributed by atoms with Crippen LogP contribution < -0.4 is 5.73 Å². The van der Waals surface area contributed by atoms with E-state index >= 15 is 0 Å². The molecule has 0 aliphatic carbocycles. The van der Waals surface area contributed by atoms with Crippen LogP contribution in [0.25, 0.3) is 5.69 Å². The molecule has 0 aliphatic rings. The lowest BCUT2D eigenvalue weighted by Crippen LogP contribution is -2.09. The van der Waals surface area contributed by atoms with Crippen molar-refractivity contribution in [2.24, 2.45) is 5.73 Å². The van der Waals surface area contributed by atoms with Gasteiger partial charge in [-0.25, -0.2) is 13.5 Å². The fourth-order valence-electron chi connectivity index (χ4n) is 1.62. The summed E-state index contributed by atoms with van der Waals surface area (Å²) in [5.74, 6) is -1.32. The first kappa shape index (κ1) is 12.6. The van der Waals surface area contributed by atoms with Gasteiger partial charge in [-0.05, 0) is 25.0 Å². The SMILES string of the molecule is CCC(N)c1cn(-c2c(F)ccc(C)c2F)nn1. The van der Waals surface area contributed by atoms with Crippen molar-refractivity contribution in [1.29, 1.82) is 0 Å². The maximum absolute atomic E-state index is 13.9. The van der Waals surface area contributed by atoms with Crippen LogP contribution in [-0.4, -0.2) is 15.0 Å². The Labute approximate surface area is 103 Å². The highest BCUT2D eigenvalue weighted by atomic mass is 19.1. The summed E-state index contributed by atoms with van der Waals surface area (Å²) in [6.45, 7) is 3.46. The van der Waals surface area contributed by atoms with Crippen LogP contribution in [0.1, 0.15) is 30.6 Å². The molecule has 0 amide bonds. The normalized spacial score (nSPS) is 12.7. The molecule has 2 aromatic rings. The summed E-state index contributed by atoms with van der Waals surface area (Å²) >= 11 is 0. The second-order valence-corrected chi connectivity index (χ2v) is 4.13. The van der Waals surface area contributed by atoms with Crippen LogP contribution >= 0.6 is 0 Å². The Morgan fingerprint density at radius 2 is 2.11 bits per heavy atom. The van der Waals surface area contributed by atoms with Gasteiger partial charge in [0.25, 0.3) is 0 Å². The molecule has 0 bridgehead atoms. The molecule has 0 saturated heterocycles. The van der Waals surface area contributed by atoms with Gasteiger partial charge in [-0.1, -0.05) is 18.2 Å². The van der Waals surface area contributed by atoms with Crippen LogP contribution in [0.15, 0.2) is 18.3 Å². The van der Waals surface area contributed by atoms with Crippen molar-refractivity contribution < 1.29 is 8.78 Å². The van der Waals surface area contributed by atoms with E-state index in [-0.39, 0.29) is 11.7 Å². The maximum Gasteiger partial charge on any atom is 0.154 e. The summed E-state index contributed by atoms with van der Waals surface area (Å²) in [7, 11) is 0.